The van der Waals surface area contributed by atoms with Crippen LogP contribution >= 0.6 is 0 Å². The fourth-order valence-electron chi connectivity index (χ4n) is 1.80. The number of hydrogen-bond acceptors (Lipinski definition) is 2. The second-order valence-electron chi connectivity index (χ2n) is 4.02. The Hall–Kier alpha value is -2.48. The van der Waals surface area contributed by atoms with E-state index in [-0.39, 0.29) is 0 Å². The number of phenolic OH excluding ortho intramolecular Hbond substituents is 1. The summed E-state index contributed by atoms with van der Waals surface area (Å²) in [5, 5.41) is 11.0. The van der Waals surface area contributed by atoms with E-state index in [2.05, 4.69) is 18.2 Å². The molecule has 0 saturated carbocycles. The molecule has 0 bridgehead atoms. The Bertz CT molecular complexity index is 628. The smallest absolute Gasteiger partial charge is 0.126 e. The van der Waals surface area contributed by atoms with Gasteiger partial charge in [0.25, 0.3) is 0 Å². The molecular weight excluding hydrogens is 236 g/mol. The first-order valence-electron chi connectivity index (χ1n) is 6.07. The van der Waals surface area contributed by atoms with Gasteiger partial charge in [0.15, 0.2) is 0 Å². The van der Waals surface area contributed by atoms with E-state index in [1.807, 2.05) is 30.3 Å². The molecule has 0 aliphatic heterocycles. The average molecular weight is 252 g/mol. The molecule has 0 spiro atoms. The molecule has 2 nitrogen and oxygen atoms in total. The van der Waals surface area contributed by atoms with Gasteiger partial charge in [-0.25, -0.2) is 0 Å². The lowest BCUT2D eigenvalue weighted by atomic mass is 10.1. The summed E-state index contributed by atoms with van der Waals surface area (Å²) < 4.78 is 5.23. The van der Waals surface area contributed by atoms with Crippen LogP contribution in [0, 0.1) is 0 Å². The number of benzene rings is 3. The molecule has 0 unspecified atom stereocenters. The average Bonchev–Trinajstić information content (AvgIpc) is 2.48. The largest absolute Gasteiger partial charge is 0.508 e. The highest BCUT2D eigenvalue weighted by atomic mass is 16.5. The molecule has 0 saturated heterocycles. The lowest BCUT2D eigenvalue weighted by Gasteiger charge is -2.03. The van der Waals surface area contributed by atoms with E-state index in [0.29, 0.717) is 5.75 Å². The number of hydrogen-bond donors (Lipinski definition) is 1. The molecular formula is C17H16O2. The van der Waals surface area contributed by atoms with Crippen molar-refractivity contribution >= 4 is 10.8 Å². The summed E-state index contributed by atoms with van der Waals surface area (Å²) >= 11 is 0. The van der Waals surface area contributed by atoms with Crippen LogP contribution in [0.4, 0.5) is 0 Å². The number of rotatable bonds is 1. The Morgan fingerprint density at radius 3 is 2.00 bits per heavy atom. The van der Waals surface area contributed by atoms with Crippen molar-refractivity contribution in [1.82, 2.24) is 0 Å². The minimum atomic E-state index is 0.322. The number of ether oxygens (including phenoxy) is 1. The summed E-state index contributed by atoms with van der Waals surface area (Å²) in [6, 6.07) is 23.0. The quantitative estimate of drug-likeness (QED) is 0.702. The fourth-order valence-corrected chi connectivity index (χ4v) is 1.80. The van der Waals surface area contributed by atoms with Crippen LogP contribution in [0.25, 0.3) is 10.8 Å². The molecule has 0 aliphatic rings. The maximum atomic E-state index is 8.63. The van der Waals surface area contributed by atoms with Crippen LogP contribution in [0.1, 0.15) is 0 Å². The summed E-state index contributed by atoms with van der Waals surface area (Å²) in [5.74, 6) is 1.26. The molecule has 1 N–H and O–H groups in total. The van der Waals surface area contributed by atoms with Crippen LogP contribution in [0.15, 0.2) is 72.8 Å². The van der Waals surface area contributed by atoms with Gasteiger partial charge in [0.2, 0.25) is 0 Å². The summed E-state index contributed by atoms with van der Waals surface area (Å²) in [5.41, 5.74) is 0. The van der Waals surface area contributed by atoms with Crippen molar-refractivity contribution in [1.29, 1.82) is 0 Å². The van der Waals surface area contributed by atoms with Gasteiger partial charge < -0.3 is 9.84 Å². The fraction of sp³-hybridized carbons (Fsp3) is 0.0588. The van der Waals surface area contributed by atoms with Crippen molar-refractivity contribution in [2.24, 2.45) is 0 Å². The third-order valence-corrected chi connectivity index (χ3v) is 2.73. The number of methoxy groups -OCH3 is 1. The van der Waals surface area contributed by atoms with Crippen LogP contribution in [-0.4, -0.2) is 12.2 Å². The molecule has 3 aromatic rings. The van der Waals surface area contributed by atoms with Crippen LogP contribution in [0.5, 0.6) is 11.5 Å². The predicted molar refractivity (Wildman–Crippen MR) is 78.6 cm³/mol. The van der Waals surface area contributed by atoms with E-state index in [0.717, 1.165) is 5.75 Å². The van der Waals surface area contributed by atoms with Crippen molar-refractivity contribution in [2.45, 2.75) is 0 Å². The van der Waals surface area contributed by atoms with E-state index < -0.39 is 0 Å². The lowest BCUT2D eigenvalue weighted by molar-refractivity contribution is 0.420. The Morgan fingerprint density at radius 1 is 0.737 bits per heavy atom. The van der Waals surface area contributed by atoms with Crippen molar-refractivity contribution in [3.8, 4) is 11.5 Å². The topological polar surface area (TPSA) is 29.5 Å². The van der Waals surface area contributed by atoms with Crippen LogP contribution < -0.4 is 4.74 Å². The van der Waals surface area contributed by atoms with E-state index in [1.165, 1.54) is 10.8 Å². The number of aromatic hydroxyl groups is 1. The monoisotopic (exact) mass is 252 g/mol. The van der Waals surface area contributed by atoms with Gasteiger partial charge in [0.05, 0.1) is 7.11 Å². The van der Waals surface area contributed by atoms with E-state index >= 15 is 0 Å². The van der Waals surface area contributed by atoms with Crippen molar-refractivity contribution < 1.29 is 9.84 Å². The highest BCUT2D eigenvalue weighted by Gasteiger charge is 1.97. The summed E-state index contributed by atoms with van der Waals surface area (Å²) in [6.45, 7) is 0. The molecule has 0 aromatic heterocycles. The van der Waals surface area contributed by atoms with Crippen molar-refractivity contribution in [3.63, 3.8) is 0 Å². The molecule has 96 valence electrons. The van der Waals surface area contributed by atoms with Crippen molar-refractivity contribution in [3.05, 3.63) is 72.8 Å². The van der Waals surface area contributed by atoms with E-state index in [1.54, 1.807) is 31.4 Å². The van der Waals surface area contributed by atoms with Gasteiger partial charge in [0.1, 0.15) is 11.5 Å². The molecule has 3 aromatic carbocycles. The van der Waals surface area contributed by atoms with Gasteiger partial charge in [-0.3, -0.25) is 0 Å². The zero-order valence-electron chi connectivity index (χ0n) is 10.8. The second kappa shape index (κ2) is 6.45. The lowest BCUT2D eigenvalue weighted by Crippen LogP contribution is -1.83. The first-order chi connectivity index (χ1) is 9.31. The standard InChI is InChI=1S/C11H10O.C6H6O/c1-12-11-8-4-6-9-5-2-3-7-10(9)11;7-6-4-2-1-3-5-6/h2-8H,1H3;1-5,7H. The molecule has 19 heavy (non-hydrogen) atoms. The Balaban J connectivity index is 0.000000163. The third-order valence-electron chi connectivity index (χ3n) is 2.73. The highest BCUT2D eigenvalue weighted by molar-refractivity contribution is 5.88. The Kier molecular flexibility index (Phi) is 4.40. The molecule has 2 heteroatoms. The second-order valence-corrected chi connectivity index (χ2v) is 4.02. The summed E-state index contributed by atoms with van der Waals surface area (Å²) in [6.07, 6.45) is 0. The first kappa shape index (κ1) is 13.0. The SMILES string of the molecule is COc1cccc2ccccc12.Oc1ccccc1. The van der Waals surface area contributed by atoms with Gasteiger partial charge in [0, 0.05) is 5.39 Å². The Labute approximate surface area is 112 Å². The van der Waals surface area contributed by atoms with Gasteiger partial charge in [-0.05, 0) is 23.6 Å². The zero-order valence-corrected chi connectivity index (χ0v) is 10.8. The van der Waals surface area contributed by atoms with Crippen LogP contribution in [0.2, 0.25) is 0 Å². The normalized spacial score (nSPS) is 9.53. The van der Waals surface area contributed by atoms with Crippen LogP contribution in [0.3, 0.4) is 0 Å². The molecule has 0 heterocycles. The van der Waals surface area contributed by atoms with E-state index in [9.17, 15) is 0 Å². The predicted octanol–water partition coefficient (Wildman–Crippen LogP) is 4.24. The maximum absolute atomic E-state index is 8.63. The number of para-hydroxylation sites is 1. The maximum Gasteiger partial charge on any atom is 0.126 e. The van der Waals surface area contributed by atoms with Gasteiger partial charge >= 0.3 is 0 Å². The molecule has 0 atom stereocenters. The Morgan fingerprint density at radius 2 is 1.37 bits per heavy atom. The zero-order chi connectivity index (χ0) is 13.5. The molecule has 3 rings (SSSR count). The first-order valence-corrected chi connectivity index (χ1v) is 6.07. The number of fused-ring (bicyclic) bond motifs is 1. The minimum Gasteiger partial charge on any atom is -0.508 e. The number of phenols is 1. The minimum absolute atomic E-state index is 0.322. The molecule has 0 fully saturated rings. The molecule has 0 radical (unpaired) electrons. The third kappa shape index (κ3) is 3.49. The van der Waals surface area contributed by atoms with Gasteiger partial charge in [-0.1, -0.05) is 54.6 Å². The molecule has 0 amide bonds. The highest BCUT2D eigenvalue weighted by Crippen LogP contribution is 2.24. The van der Waals surface area contributed by atoms with Gasteiger partial charge in [-0.15, -0.1) is 0 Å². The summed E-state index contributed by atoms with van der Waals surface area (Å²) in [4.78, 5) is 0. The van der Waals surface area contributed by atoms with Crippen LogP contribution in [-0.2, 0) is 0 Å². The summed E-state index contributed by atoms with van der Waals surface area (Å²) in [7, 11) is 1.70. The van der Waals surface area contributed by atoms with Crippen molar-refractivity contribution in [2.75, 3.05) is 7.11 Å². The van der Waals surface area contributed by atoms with E-state index in [4.69, 9.17) is 9.84 Å². The molecule has 0 aliphatic carbocycles. The van der Waals surface area contributed by atoms with Gasteiger partial charge in [-0.2, -0.15) is 0 Å².